The molecule has 0 saturated carbocycles. The smallest absolute Gasteiger partial charge is 0.104 e. The van der Waals surface area contributed by atoms with E-state index in [0.717, 1.165) is 11.0 Å². The molecule has 1 aromatic rings. The highest BCUT2D eigenvalue weighted by Gasteiger charge is 2.06. The average Bonchev–Trinajstić information content (AvgIpc) is 2.04. The van der Waals surface area contributed by atoms with Crippen molar-refractivity contribution in [1.29, 1.82) is 0 Å². The first-order valence-corrected chi connectivity index (χ1v) is 5.34. The van der Waals surface area contributed by atoms with Crippen LogP contribution in [0.5, 0.6) is 0 Å². The molecule has 0 aliphatic carbocycles. The maximum absolute atomic E-state index is 2.20. The van der Waals surface area contributed by atoms with Gasteiger partial charge in [0.05, 0.1) is 21.1 Å². The van der Waals surface area contributed by atoms with E-state index in [1.807, 2.05) is 0 Å². The molecule has 0 radical (unpaired) electrons. The fourth-order valence-electron chi connectivity index (χ4n) is 1.13. The van der Waals surface area contributed by atoms with Gasteiger partial charge in [-0.2, -0.15) is 0 Å². The fraction of sp³-hybridized carbons (Fsp3) is 0.538. The van der Waals surface area contributed by atoms with E-state index in [-0.39, 0.29) is 12.4 Å². The van der Waals surface area contributed by atoms with Crippen molar-refractivity contribution in [3.8, 4) is 0 Å². The highest BCUT2D eigenvalue weighted by Crippen LogP contribution is 2.05. The molecule has 88 valence electrons. The van der Waals surface area contributed by atoms with E-state index in [1.54, 1.807) is 0 Å². The monoisotopic (exact) mass is 229 g/mol. The summed E-state index contributed by atoms with van der Waals surface area (Å²) in [6, 6.07) is 10.6. The molecule has 1 nitrogen and oxygen atoms in total. The van der Waals surface area contributed by atoms with E-state index in [4.69, 9.17) is 0 Å². The summed E-state index contributed by atoms with van der Waals surface area (Å²) in [6.45, 7) is 5.35. The Morgan fingerprint density at radius 2 is 1.33 bits per heavy atom. The zero-order valence-electron chi connectivity index (χ0n) is 10.6. The van der Waals surface area contributed by atoms with Gasteiger partial charge in [0.1, 0.15) is 6.54 Å². The minimum Gasteiger partial charge on any atom is -1.00 e. The molecule has 0 amide bonds. The van der Waals surface area contributed by atoms with Gasteiger partial charge < -0.3 is 16.9 Å². The van der Waals surface area contributed by atoms with Gasteiger partial charge in [-0.05, 0) is 0 Å². The molecule has 0 spiro atoms. The summed E-state index contributed by atoms with van der Waals surface area (Å²) in [6.07, 6.45) is 1.25. The van der Waals surface area contributed by atoms with Crippen LogP contribution >= 0.6 is 0 Å². The molecular formula is C13H24ClN. The van der Waals surface area contributed by atoms with E-state index in [0.29, 0.717) is 0 Å². The Balaban J connectivity index is 0. The maximum Gasteiger partial charge on any atom is 0.104 e. The largest absolute Gasteiger partial charge is 1.00 e. The lowest BCUT2D eigenvalue weighted by atomic mass is 10.2. The molecule has 0 aliphatic rings. The third-order valence-corrected chi connectivity index (χ3v) is 1.50. The van der Waals surface area contributed by atoms with Gasteiger partial charge in [0, 0.05) is 5.56 Å². The van der Waals surface area contributed by atoms with Crippen molar-refractivity contribution in [1.82, 2.24) is 0 Å². The van der Waals surface area contributed by atoms with Crippen LogP contribution in [-0.2, 0) is 6.54 Å². The predicted octanol–water partition coefficient (Wildman–Crippen LogP) is 0.313. The lowest BCUT2D eigenvalue weighted by molar-refractivity contribution is -0.884. The summed E-state index contributed by atoms with van der Waals surface area (Å²) in [5.74, 6) is 0. The van der Waals surface area contributed by atoms with Crippen molar-refractivity contribution in [2.45, 2.75) is 26.8 Å². The van der Waals surface area contributed by atoms with Crippen molar-refractivity contribution in [2.75, 3.05) is 21.1 Å². The van der Waals surface area contributed by atoms with Crippen molar-refractivity contribution < 1.29 is 16.9 Å². The summed E-state index contributed by atoms with van der Waals surface area (Å²) in [5, 5.41) is 0. The van der Waals surface area contributed by atoms with Crippen LogP contribution in [0.3, 0.4) is 0 Å². The van der Waals surface area contributed by atoms with E-state index in [2.05, 4.69) is 65.3 Å². The number of quaternary nitrogens is 1. The van der Waals surface area contributed by atoms with Crippen LogP contribution in [0, 0.1) is 0 Å². The predicted molar refractivity (Wildman–Crippen MR) is 64.1 cm³/mol. The fourth-order valence-corrected chi connectivity index (χ4v) is 1.13. The highest BCUT2D eigenvalue weighted by molar-refractivity contribution is 5.13. The molecule has 2 heteroatoms. The van der Waals surface area contributed by atoms with Gasteiger partial charge in [0.25, 0.3) is 0 Å². The number of rotatable bonds is 2. The van der Waals surface area contributed by atoms with Crippen molar-refractivity contribution in [2.24, 2.45) is 0 Å². The third-order valence-electron chi connectivity index (χ3n) is 1.50. The molecule has 0 atom stereocenters. The Morgan fingerprint density at radius 1 is 0.933 bits per heavy atom. The number of benzene rings is 1. The van der Waals surface area contributed by atoms with Crippen LogP contribution in [0.2, 0.25) is 0 Å². The Hall–Kier alpha value is -0.530. The molecule has 0 fully saturated rings. The highest BCUT2D eigenvalue weighted by atomic mass is 35.5. The Bertz CT molecular complexity index is 226. The second-order valence-corrected chi connectivity index (χ2v) is 4.64. The summed E-state index contributed by atoms with van der Waals surface area (Å²) >= 11 is 0. The molecule has 0 N–H and O–H groups in total. The molecule has 0 aliphatic heterocycles. The standard InChI is InChI=1S/C10H16N.C3H8.ClH/c1-11(2,3)9-10-7-5-4-6-8-10;1-3-2;/h4-8H,9H2,1-3H3;3H2,1-2H3;1H/q+1;;/p-1. The van der Waals surface area contributed by atoms with Gasteiger partial charge in [-0.25, -0.2) is 0 Å². The molecule has 15 heavy (non-hydrogen) atoms. The molecule has 1 aromatic carbocycles. The van der Waals surface area contributed by atoms with Crippen molar-refractivity contribution in [3.05, 3.63) is 35.9 Å². The van der Waals surface area contributed by atoms with Gasteiger partial charge >= 0.3 is 0 Å². The molecule has 0 saturated heterocycles. The van der Waals surface area contributed by atoms with Gasteiger partial charge in [-0.3, -0.25) is 0 Å². The van der Waals surface area contributed by atoms with Crippen LogP contribution in [-0.4, -0.2) is 25.6 Å². The van der Waals surface area contributed by atoms with Gasteiger partial charge in [-0.1, -0.05) is 50.6 Å². The van der Waals surface area contributed by atoms with Gasteiger partial charge in [-0.15, -0.1) is 0 Å². The Morgan fingerprint density at radius 3 is 1.67 bits per heavy atom. The Kier molecular flexibility index (Phi) is 9.85. The number of hydrogen-bond donors (Lipinski definition) is 0. The van der Waals surface area contributed by atoms with E-state index >= 15 is 0 Å². The molecule has 0 unspecified atom stereocenters. The first-order valence-electron chi connectivity index (χ1n) is 5.34. The third kappa shape index (κ3) is 11.4. The topological polar surface area (TPSA) is 0 Å². The van der Waals surface area contributed by atoms with E-state index in [9.17, 15) is 0 Å². The van der Waals surface area contributed by atoms with Gasteiger partial charge in [0.15, 0.2) is 0 Å². The lowest BCUT2D eigenvalue weighted by Crippen LogP contribution is -3.00. The van der Waals surface area contributed by atoms with Crippen LogP contribution in [0.1, 0.15) is 25.8 Å². The zero-order chi connectivity index (χ0) is 11.0. The first kappa shape index (κ1) is 16.9. The summed E-state index contributed by atoms with van der Waals surface area (Å²) in [7, 11) is 6.60. The quantitative estimate of drug-likeness (QED) is 0.641. The van der Waals surface area contributed by atoms with Crippen molar-refractivity contribution >= 4 is 0 Å². The average molecular weight is 230 g/mol. The number of hydrogen-bond acceptors (Lipinski definition) is 0. The normalized spacial score (nSPS) is 9.67. The van der Waals surface area contributed by atoms with Crippen LogP contribution < -0.4 is 12.4 Å². The van der Waals surface area contributed by atoms with Crippen LogP contribution in [0.4, 0.5) is 0 Å². The Labute approximate surface area is 101 Å². The molecular weight excluding hydrogens is 206 g/mol. The number of nitrogens with zero attached hydrogens (tertiary/aromatic N) is 1. The summed E-state index contributed by atoms with van der Waals surface area (Å²) in [5.41, 5.74) is 1.40. The number of halogens is 1. The minimum absolute atomic E-state index is 0. The second kappa shape index (κ2) is 8.75. The summed E-state index contributed by atoms with van der Waals surface area (Å²) in [4.78, 5) is 0. The van der Waals surface area contributed by atoms with E-state index in [1.165, 1.54) is 12.0 Å². The zero-order valence-corrected chi connectivity index (χ0v) is 11.4. The molecule has 0 bridgehead atoms. The summed E-state index contributed by atoms with van der Waals surface area (Å²) < 4.78 is 0.990. The first-order chi connectivity index (χ1) is 6.49. The molecule has 0 aromatic heterocycles. The maximum atomic E-state index is 2.20. The SMILES string of the molecule is CCC.C[N+](C)(C)Cc1ccccc1.[Cl-]. The van der Waals surface area contributed by atoms with Crippen molar-refractivity contribution in [3.63, 3.8) is 0 Å². The van der Waals surface area contributed by atoms with E-state index < -0.39 is 0 Å². The lowest BCUT2D eigenvalue weighted by Gasteiger charge is -2.23. The molecule has 1 rings (SSSR count). The van der Waals surface area contributed by atoms with Gasteiger partial charge in [0.2, 0.25) is 0 Å². The second-order valence-electron chi connectivity index (χ2n) is 4.64. The minimum atomic E-state index is 0. The van der Waals surface area contributed by atoms with Crippen LogP contribution in [0.25, 0.3) is 0 Å². The molecule has 0 heterocycles. The van der Waals surface area contributed by atoms with Crippen LogP contribution in [0.15, 0.2) is 30.3 Å².